The van der Waals surface area contributed by atoms with Crippen molar-refractivity contribution in [1.29, 1.82) is 0 Å². The number of carbonyl (C=O) groups excluding carboxylic acids is 2. The third-order valence-electron chi connectivity index (χ3n) is 4.88. The van der Waals surface area contributed by atoms with Gasteiger partial charge in [-0.15, -0.1) is 0 Å². The molecule has 1 N–H and O–H groups in total. The lowest BCUT2D eigenvalue weighted by atomic mass is 10.0. The van der Waals surface area contributed by atoms with E-state index in [0.717, 1.165) is 4.57 Å². The number of halogens is 1. The lowest BCUT2D eigenvalue weighted by molar-refractivity contribution is -0.147. The lowest BCUT2D eigenvalue weighted by Crippen LogP contribution is -2.37. The first-order valence-corrected chi connectivity index (χ1v) is 10.3. The predicted octanol–water partition coefficient (Wildman–Crippen LogP) is 2.10. The number of amides is 1. The zero-order valence-corrected chi connectivity index (χ0v) is 18.8. The summed E-state index contributed by atoms with van der Waals surface area (Å²) in [7, 11) is 2.84. The van der Waals surface area contributed by atoms with Gasteiger partial charge in [0, 0.05) is 25.3 Å². The van der Waals surface area contributed by atoms with Crippen LogP contribution >= 0.6 is 11.6 Å². The first kappa shape index (κ1) is 23.2. The smallest absolute Gasteiger partial charge is 0.332 e. The first-order valence-electron chi connectivity index (χ1n) is 9.90. The minimum atomic E-state index is -0.763. The number of pyridine rings is 1. The molecule has 3 aromatic rings. The summed E-state index contributed by atoms with van der Waals surface area (Å²) in [4.78, 5) is 54.0. The van der Waals surface area contributed by atoms with E-state index in [0.29, 0.717) is 10.6 Å². The van der Waals surface area contributed by atoms with Crippen LogP contribution < -0.4 is 16.6 Å². The number of hydrogen-bond acceptors (Lipinski definition) is 6. The molecule has 0 bridgehead atoms. The fourth-order valence-electron chi connectivity index (χ4n) is 3.31. The fourth-order valence-corrected chi connectivity index (χ4v) is 3.57. The normalized spacial score (nSPS) is 12.1. The molecule has 0 unspecified atom stereocenters. The van der Waals surface area contributed by atoms with Crippen LogP contribution in [0.5, 0.6) is 0 Å². The number of aromatic nitrogens is 3. The Labute approximate surface area is 188 Å². The molecule has 32 heavy (non-hydrogen) atoms. The molecule has 0 fully saturated rings. The Morgan fingerprint density at radius 1 is 1.16 bits per heavy atom. The molecule has 168 valence electrons. The van der Waals surface area contributed by atoms with Crippen molar-refractivity contribution in [3.63, 3.8) is 0 Å². The van der Waals surface area contributed by atoms with E-state index >= 15 is 0 Å². The molecule has 0 radical (unpaired) electrons. The highest BCUT2D eigenvalue weighted by molar-refractivity contribution is 6.31. The Bertz CT molecular complexity index is 1310. The molecular formula is C22H23ClN4O5. The van der Waals surface area contributed by atoms with Gasteiger partial charge in [0.2, 0.25) is 0 Å². The standard InChI is InChI=1S/C22H23ClN4O5/c1-12(2)32-18(28)10-17(14-7-5-6-8-16(14)23)25-20(29)13-9-15-19(24-11-13)26(3)22(31)27(4)21(15)30/h5-9,11-12,17H,10H2,1-4H3,(H,25,29)/t17-/m0/s1. The maximum atomic E-state index is 13.0. The fraction of sp³-hybridized carbons (Fsp3) is 0.318. The molecule has 3 rings (SSSR count). The number of hydrogen-bond donors (Lipinski definition) is 1. The number of esters is 1. The van der Waals surface area contributed by atoms with Gasteiger partial charge in [-0.1, -0.05) is 29.8 Å². The van der Waals surface area contributed by atoms with E-state index in [1.807, 2.05) is 0 Å². The van der Waals surface area contributed by atoms with E-state index in [4.69, 9.17) is 16.3 Å². The molecule has 1 amide bonds. The SMILES string of the molecule is CC(C)OC(=O)C[C@H](NC(=O)c1cnc2c(c1)c(=O)n(C)c(=O)n2C)c1ccccc1Cl. The summed E-state index contributed by atoms with van der Waals surface area (Å²) < 4.78 is 7.39. The van der Waals surface area contributed by atoms with E-state index < -0.39 is 29.2 Å². The van der Waals surface area contributed by atoms with Gasteiger partial charge in [0.25, 0.3) is 11.5 Å². The number of nitrogens with zero attached hydrogens (tertiary/aromatic N) is 3. The van der Waals surface area contributed by atoms with Crippen molar-refractivity contribution >= 4 is 34.5 Å². The van der Waals surface area contributed by atoms with Crippen LogP contribution in [0.1, 0.15) is 42.2 Å². The van der Waals surface area contributed by atoms with Gasteiger partial charge >= 0.3 is 11.7 Å². The van der Waals surface area contributed by atoms with Crippen molar-refractivity contribution in [3.8, 4) is 0 Å². The average molecular weight is 459 g/mol. The zero-order chi connectivity index (χ0) is 23.6. The van der Waals surface area contributed by atoms with Crippen molar-refractivity contribution in [2.45, 2.75) is 32.4 Å². The second kappa shape index (κ2) is 9.35. The zero-order valence-electron chi connectivity index (χ0n) is 18.1. The number of ether oxygens (including phenoxy) is 1. The quantitative estimate of drug-likeness (QED) is 0.566. The molecular weight excluding hydrogens is 436 g/mol. The van der Waals surface area contributed by atoms with E-state index in [9.17, 15) is 19.2 Å². The van der Waals surface area contributed by atoms with Crippen molar-refractivity contribution in [2.24, 2.45) is 14.1 Å². The summed E-state index contributed by atoms with van der Waals surface area (Å²) in [5.41, 5.74) is -0.265. The van der Waals surface area contributed by atoms with Crippen LogP contribution in [0.3, 0.4) is 0 Å². The van der Waals surface area contributed by atoms with Crippen molar-refractivity contribution in [2.75, 3.05) is 0 Å². The maximum absolute atomic E-state index is 13.0. The minimum Gasteiger partial charge on any atom is -0.463 e. The topological polar surface area (TPSA) is 112 Å². The van der Waals surface area contributed by atoms with E-state index in [2.05, 4.69) is 10.3 Å². The number of aryl methyl sites for hydroxylation is 1. The van der Waals surface area contributed by atoms with Crippen LogP contribution in [-0.2, 0) is 23.6 Å². The molecule has 2 aromatic heterocycles. The van der Waals surface area contributed by atoms with Crippen LogP contribution in [0, 0.1) is 0 Å². The van der Waals surface area contributed by atoms with Crippen LogP contribution in [-0.4, -0.2) is 32.1 Å². The Balaban J connectivity index is 1.98. The van der Waals surface area contributed by atoms with E-state index in [1.54, 1.807) is 38.1 Å². The third-order valence-corrected chi connectivity index (χ3v) is 5.22. The summed E-state index contributed by atoms with van der Waals surface area (Å²) in [5, 5.41) is 3.28. The molecule has 0 aliphatic rings. The van der Waals surface area contributed by atoms with Crippen LogP contribution in [0.2, 0.25) is 5.02 Å². The maximum Gasteiger partial charge on any atom is 0.332 e. The molecule has 0 aliphatic heterocycles. The lowest BCUT2D eigenvalue weighted by Gasteiger charge is -2.20. The van der Waals surface area contributed by atoms with Crippen LogP contribution in [0.15, 0.2) is 46.1 Å². The largest absolute Gasteiger partial charge is 0.463 e. The van der Waals surface area contributed by atoms with Gasteiger partial charge in [-0.05, 0) is 31.5 Å². The Hall–Kier alpha value is -3.46. The van der Waals surface area contributed by atoms with Crippen molar-refractivity contribution < 1.29 is 14.3 Å². The average Bonchev–Trinajstić information content (AvgIpc) is 2.75. The Kier molecular flexibility index (Phi) is 6.78. The number of benzene rings is 1. The Morgan fingerprint density at radius 3 is 2.50 bits per heavy atom. The summed E-state index contributed by atoms with van der Waals surface area (Å²) >= 11 is 6.29. The highest BCUT2D eigenvalue weighted by atomic mass is 35.5. The van der Waals surface area contributed by atoms with Gasteiger partial charge in [0.15, 0.2) is 0 Å². The molecule has 10 heteroatoms. The third kappa shape index (κ3) is 4.72. The van der Waals surface area contributed by atoms with Crippen LogP contribution in [0.4, 0.5) is 0 Å². The molecule has 1 atom stereocenters. The number of fused-ring (bicyclic) bond motifs is 1. The second-order valence-electron chi connectivity index (χ2n) is 7.59. The van der Waals surface area contributed by atoms with E-state index in [-0.39, 0.29) is 29.1 Å². The highest BCUT2D eigenvalue weighted by Crippen LogP contribution is 2.26. The molecule has 0 saturated heterocycles. The molecule has 0 spiro atoms. The van der Waals surface area contributed by atoms with Gasteiger partial charge in [0.05, 0.1) is 29.5 Å². The van der Waals surface area contributed by atoms with Gasteiger partial charge in [-0.25, -0.2) is 9.78 Å². The second-order valence-corrected chi connectivity index (χ2v) is 8.00. The minimum absolute atomic E-state index is 0.0996. The number of rotatable bonds is 6. The summed E-state index contributed by atoms with van der Waals surface area (Å²) in [6, 6.07) is 7.46. The summed E-state index contributed by atoms with van der Waals surface area (Å²) in [6.45, 7) is 3.46. The van der Waals surface area contributed by atoms with E-state index in [1.165, 1.54) is 30.9 Å². The van der Waals surface area contributed by atoms with Crippen LogP contribution in [0.25, 0.3) is 11.0 Å². The molecule has 0 saturated carbocycles. The van der Waals surface area contributed by atoms with Gasteiger partial charge in [-0.2, -0.15) is 0 Å². The number of nitrogens with one attached hydrogen (secondary N) is 1. The predicted molar refractivity (Wildman–Crippen MR) is 120 cm³/mol. The molecule has 1 aromatic carbocycles. The monoisotopic (exact) mass is 458 g/mol. The summed E-state index contributed by atoms with van der Waals surface area (Å²) in [5.74, 6) is -1.05. The van der Waals surface area contributed by atoms with Gasteiger partial charge < -0.3 is 10.1 Å². The van der Waals surface area contributed by atoms with Crippen molar-refractivity contribution in [1.82, 2.24) is 19.4 Å². The molecule has 0 aliphatic carbocycles. The molecule has 9 nitrogen and oxygen atoms in total. The summed E-state index contributed by atoms with van der Waals surface area (Å²) in [6.07, 6.45) is 0.829. The van der Waals surface area contributed by atoms with Crippen molar-refractivity contribution in [3.05, 3.63) is 73.5 Å². The Morgan fingerprint density at radius 2 is 1.84 bits per heavy atom. The highest BCUT2D eigenvalue weighted by Gasteiger charge is 2.23. The molecule has 2 heterocycles. The van der Waals surface area contributed by atoms with Gasteiger partial charge in [-0.3, -0.25) is 23.5 Å². The number of carbonyl (C=O) groups is 2. The van der Waals surface area contributed by atoms with Gasteiger partial charge in [0.1, 0.15) is 5.65 Å². The first-order chi connectivity index (χ1) is 15.1.